The lowest BCUT2D eigenvalue weighted by Gasteiger charge is -2.06. The fourth-order valence-electron chi connectivity index (χ4n) is 1.60. The molecule has 0 heterocycles. The summed E-state index contributed by atoms with van der Waals surface area (Å²) in [6.45, 7) is 0. The van der Waals surface area contributed by atoms with Gasteiger partial charge in [0.15, 0.2) is 0 Å². The van der Waals surface area contributed by atoms with Crippen molar-refractivity contribution in [2.45, 2.75) is 0 Å². The number of benzene rings is 2. The Hall–Kier alpha value is -1.73. The third-order valence-electron chi connectivity index (χ3n) is 2.29. The lowest BCUT2D eigenvalue weighted by Crippen LogP contribution is -1.92. The molecule has 0 aliphatic carbocycles. The molecule has 0 saturated carbocycles. The van der Waals surface area contributed by atoms with Gasteiger partial charge in [-0.05, 0) is 23.8 Å². The highest BCUT2D eigenvalue weighted by molar-refractivity contribution is 9.10. The maximum atomic E-state index is 13.7. The van der Waals surface area contributed by atoms with Gasteiger partial charge in [-0.3, -0.25) is 0 Å². The SMILES string of the molecule is N#Cc1cc(F)cc(F)c1-c1cccc(Br)c1. The molecule has 0 saturated heterocycles. The fraction of sp³-hybridized carbons (Fsp3) is 0. The first-order valence-corrected chi connectivity index (χ1v) is 5.56. The van der Waals surface area contributed by atoms with Gasteiger partial charge in [-0.15, -0.1) is 0 Å². The van der Waals surface area contributed by atoms with Crippen molar-refractivity contribution in [2.75, 3.05) is 0 Å². The summed E-state index contributed by atoms with van der Waals surface area (Å²) in [4.78, 5) is 0. The Labute approximate surface area is 105 Å². The predicted octanol–water partition coefficient (Wildman–Crippen LogP) is 4.27. The van der Waals surface area contributed by atoms with E-state index >= 15 is 0 Å². The normalized spacial score (nSPS) is 10.0. The van der Waals surface area contributed by atoms with Crippen LogP contribution in [-0.2, 0) is 0 Å². The van der Waals surface area contributed by atoms with Crippen LogP contribution in [0.1, 0.15) is 5.56 Å². The van der Waals surface area contributed by atoms with E-state index in [9.17, 15) is 8.78 Å². The molecule has 0 atom stereocenters. The van der Waals surface area contributed by atoms with E-state index in [1.165, 1.54) is 0 Å². The Balaban J connectivity index is 2.71. The summed E-state index contributed by atoms with van der Waals surface area (Å²) in [5.41, 5.74) is 0.643. The van der Waals surface area contributed by atoms with Crippen LogP contribution in [0.25, 0.3) is 11.1 Å². The van der Waals surface area contributed by atoms with Crippen LogP contribution in [0.2, 0.25) is 0 Å². The van der Waals surface area contributed by atoms with Gasteiger partial charge in [-0.1, -0.05) is 28.1 Å². The van der Waals surface area contributed by atoms with Crippen molar-refractivity contribution >= 4 is 15.9 Å². The molecule has 2 rings (SSSR count). The number of rotatable bonds is 1. The van der Waals surface area contributed by atoms with Gasteiger partial charge in [0.2, 0.25) is 0 Å². The van der Waals surface area contributed by atoms with Gasteiger partial charge in [-0.2, -0.15) is 5.26 Å². The van der Waals surface area contributed by atoms with Crippen molar-refractivity contribution < 1.29 is 8.78 Å². The van der Waals surface area contributed by atoms with Crippen LogP contribution < -0.4 is 0 Å². The van der Waals surface area contributed by atoms with E-state index in [-0.39, 0.29) is 11.1 Å². The van der Waals surface area contributed by atoms with E-state index in [0.29, 0.717) is 5.56 Å². The standard InChI is InChI=1S/C13H6BrF2N/c14-10-3-1-2-8(4-10)13-9(7-17)5-11(15)6-12(13)16/h1-6H. The Morgan fingerprint density at radius 3 is 2.53 bits per heavy atom. The predicted molar refractivity (Wildman–Crippen MR) is 64.2 cm³/mol. The zero-order valence-electron chi connectivity index (χ0n) is 8.55. The monoisotopic (exact) mass is 293 g/mol. The fourth-order valence-corrected chi connectivity index (χ4v) is 2.00. The molecular formula is C13H6BrF2N. The van der Waals surface area contributed by atoms with E-state index < -0.39 is 11.6 Å². The molecule has 2 aromatic carbocycles. The summed E-state index contributed by atoms with van der Waals surface area (Å²) < 4.78 is 27.5. The molecule has 4 heteroatoms. The van der Waals surface area contributed by atoms with Gasteiger partial charge in [0, 0.05) is 16.1 Å². The quantitative estimate of drug-likeness (QED) is 0.770. The zero-order chi connectivity index (χ0) is 12.4. The van der Waals surface area contributed by atoms with E-state index in [0.717, 1.165) is 16.6 Å². The molecule has 1 nitrogen and oxygen atoms in total. The smallest absolute Gasteiger partial charge is 0.135 e. The van der Waals surface area contributed by atoms with Crippen molar-refractivity contribution in [3.8, 4) is 17.2 Å². The third kappa shape index (κ3) is 2.34. The summed E-state index contributed by atoms with van der Waals surface area (Å²) in [5, 5.41) is 8.90. The molecule has 0 bridgehead atoms. The molecule has 0 fully saturated rings. The largest absolute Gasteiger partial charge is 0.207 e. The van der Waals surface area contributed by atoms with E-state index in [1.54, 1.807) is 30.3 Å². The number of hydrogen-bond donors (Lipinski definition) is 0. The molecule has 0 aromatic heterocycles. The molecule has 0 spiro atoms. The minimum absolute atomic E-state index is 0.0133. The van der Waals surface area contributed by atoms with Crippen molar-refractivity contribution in [1.82, 2.24) is 0 Å². The van der Waals surface area contributed by atoms with Gasteiger partial charge in [0.05, 0.1) is 11.6 Å². The average molecular weight is 294 g/mol. The first kappa shape index (κ1) is 11.7. The number of hydrogen-bond acceptors (Lipinski definition) is 1. The maximum absolute atomic E-state index is 13.7. The van der Waals surface area contributed by atoms with Crippen LogP contribution in [0, 0.1) is 23.0 Å². The Bertz CT molecular complexity index is 617. The highest BCUT2D eigenvalue weighted by Crippen LogP contribution is 2.29. The van der Waals surface area contributed by atoms with Gasteiger partial charge in [0.25, 0.3) is 0 Å². The number of halogens is 3. The van der Waals surface area contributed by atoms with Gasteiger partial charge in [0.1, 0.15) is 11.6 Å². The van der Waals surface area contributed by atoms with Crippen molar-refractivity contribution in [3.05, 3.63) is 58.1 Å². The molecule has 0 amide bonds. The maximum Gasteiger partial charge on any atom is 0.135 e. The van der Waals surface area contributed by atoms with Crippen LogP contribution in [-0.4, -0.2) is 0 Å². The molecule has 0 N–H and O–H groups in total. The topological polar surface area (TPSA) is 23.8 Å². The number of nitrogens with zero attached hydrogens (tertiary/aromatic N) is 1. The lowest BCUT2D eigenvalue weighted by molar-refractivity contribution is 0.585. The van der Waals surface area contributed by atoms with Crippen LogP contribution in [0.4, 0.5) is 8.78 Å². The minimum Gasteiger partial charge on any atom is -0.207 e. The molecule has 0 unspecified atom stereocenters. The molecule has 0 aliphatic heterocycles. The van der Waals surface area contributed by atoms with E-state index in [1.807, 2.05) is 0 Å². The van der Waals surface area contributed by atoms with Gasteiger partial charge >= 0.3 is 0 Å². The molecule has 0 radical (unpaired) electrons. The molecular weight excluding hydrogens is 288 g/mol. The first-order valence-electron chi connectivity index (χ1n) is 4.77. The minimum atomic E-state index is -0.752. The van der Waals surface area contributed by atoms with Gasteiger partial charge < -0.3 is 0 Å². The Morgan fingerprint density at radius 2 is 1.88 bits per heavy atom. The summed E-state index contributed by atoms with van der Waals surface area (Å²) in [6.07, 6.45) is 0. The second-order valence-electron chi connectivity index (χ2n) is 3.43. The van der Waals surface area contributed by atoms with Crippen molar-refractivity contribution in [1.29, 1.82) is 5.26 Å². The molecule has 0 aliphatic rings. The first-order chi connectivity index (χ1) is 8.11. The highest BCUT2D eigenvalue weighted by atomic mass is 79.9. The van der Waals surface area contributed by atoms with E-state index in [4.69, 9.17) is 5.26 Å². The zero-order valence-corrected chi connectivity index (χ0v) is 10.1. The number of nitriles is 1. The summed E-state index contributed by atoms with van der Waals surface area (Å²) in [5.74, 6) is -1.49. The lowest BCUT2D eigenvalue weighted by atomic mass is 9.99. The van der Waals surface area contributed by atoms with Crippen LogP contribution >= 0.6 is 15.9 Å². The van der Waals surface area contributed by atoms with E-state index in [2.05, 4.69) is 15.9 Å². The van der Waals surface area contributed by atoms with Crippen LogP contribution in [0.5, 0.6) is 0 Å². The molecule has 84 valence electrons. The van der Waals surface area contributed by atoms with Crippen molar-refractivity contribution in [2.24, 2.45) is 0 Å². The van der Waals surface area contributed by atoms with Crippen molar-refractivity contribution in [3.63, 3.8) is 0 Å². The molecule has 2 aromatic rings. The van der Waals surface area contributed by atoms with Gasteiger partial charge in [-0.25, -0.2) is 8.78 Å². The Morgan fingerprint density at radius 1 is 1.12 bits per heavy atom. The van der Waals surface area contributed by atoms with Crippen LogP contribution in [0.15, 0.2) is 40.9 Å². The third-order valence-corrected chi connectivity index (χ3v) is 2.78. The highest BCUT2D eigenvalue weighted by Gasteiger charge is 2.13. The summed E-state index contributed by atoms with van der Waals surface area (Å²) >= 11 is 3.27. The second kappa shape index (κ2) is 4.64. The van der Waals surface area contributed by atoms with Crippen LogP contribution in [0.3, 0.4) is 0 Å². The average Bonchev–Trinajstić information content (AvgIpc) is 2.27. The molecule has 17 heavy (non-hydrogen) atoms. The summed E-state index contributed by atoms with van der Waals surface area (Å²) in [7, 11) is 0. The Kier molecular flexibility index (Phi) is 3.21. The second-order valence-corrected chi connectivity index (χ2v) is 4.35. The summed E-state index contributed by atoms with van der Waals surface area (Å²) in [6, 6.07) is 10.5.